The summed E-state index contributed by atoms with van der Waals surface area (Å²) >= 11 is 11.0. The lowest BCUT2D eigenvalue weighted by Gasteiger charge is -2.01. The van der Waals surface area contributed by atoms with Gasteiger partial charge in [-0.2, -0.15) is 0 Å². The molecule has 0 saturated heterocycles. The number of nitrogens with zero attached hydrogens (tertiary/aromatic N) is 1. The third kappa shape index (κ3) is 2.05. The lowest BCUT2D eigenvalue weighted by Crippen LogP contribution is -1.92. The van der Waals surface area contributed by atoms with Gasteiger partial charge in [0, 0.05) is 5.56 Å². The van der Waals surface area contributed by atoms with E-state index in [4.69, 9.17) is 23.2 Å². The van der Waals surface area contributed by atoms with Gasteiger partial charge in [0.2, 0.25) is 0 Å². The van der Waals surface area contributed by atoms with Crippen molar-refractivity contribution in [3.63, 3.8) is 0 Å². The maximum Gasteiger partial charge on any atom is 0.280 e. The molecule has 0 aliphatic heterocycles. The van der Waals surface area contributed by atoms with Gasteiger partial charge in [0.25, 0.3) is 6.43 Å². The molecule has 0 N–H and O–H groups in total. The normalized spacial score (nSPS) is 10.8. The van der Waals surface area contributed by atoms with Gasteiger partial charge < -0.3 is 0 Å². The molecule has 1 nitrogen and oxygen atoms in total. The number of halogens is 4. The molecule has 0 radical (unpaired) electrons. The molecular formula is C7H5Cl2F2N. The van der Waals surface area contributed by atoms with Crippen molar-refractivity contribution in [1.29, 1.82) is 0 Å². The molecule has 0 bridgehead atoms. The quantitative estimate of drug-likeness (QED) is 0.540. The Morgan fingerprint density at radius 3 is 2.50 bits per heavy atom. The van der Waals surface area contributed by atoms with Crippen LogP contribution in [-0.2, 0) is 5.88 Å². The highest BCUT2D eigenvalue weighted by Gasteiger charge is 2.10. The van der Waals surface area contributed by atoms with Gasteiger partial charge in [0.05, 0.1) is 5.88 Å². The van der Waals surface area contributed by atoms with E-state index in [-0.39, 0.29) is 16.7 Å². The lowest BCUT2D eigenvalue weighted by molar-refractivity contribution is 0.146. The van der Waals surface area contributed by atoms with E-state index in [0.29, 0.717) is 5.56 Å². The smallest absolute Gasteiger partial charge is 0.235 e. The molecule has 1 aromatic rings. The zero-order chi connectivity index (χ0) is 9.14. The number of rotatable bonds is 2. The fraction of sp³-hybridized carbons (Fsp3) is 0.286. The molecule has 0 saturated carbocycles. The number of aromatic nitrogens is 1. The van der Waals surface area contributed by atoms with Gasteiger partial charge in [-0.15, -0.1) is 11.6 Å². The predicted molar refractivity (Wildman–Crippen MR) is 43.8 cm³/mol. The van der Waals surface area contributed by atoms with E-state index in [9.17, 15) is 8.78 Å². The van der Waals surface area contributed by atoms with E-state index in [0.717, 1.165) is 0 Å². The maximum atomic E-state index is 12.0. The van der Waals surface area contributed by atoms with Gasteiger partial charge in [-0.1, -0.05) is 17.7 Å². The minimum Gasteiger partial charge on any atom is -0.235 e. The molecule has 0 spiro atoms. The van der Waals surface area contributed by atoms with Crippen molar-refractivity contribution in [1.82, 2.24) is 4.98 Å². The van der Waals surface area contributed by atoms with Crippen LogP contribution in [0.1, 0.15) is 17.7 Å². The summed E-state index contributed by atoms with van der Waals surface area (Å²) in [5, 5.41) is 0.0443. The predicted octanol–water partition coefficient (Wildman–Crippen LogP) is 3.41. The average Bonchev–Trinajstić information content (AvgIpc) is 2.04. The van der Waals surface area contributed by atoms with Gasteiger partial charge >= 0.3 is 0 Å². The summed E-state index contributed by atoms with van der Waals surface area (Å²) in [4.78, 5) is 3.47. The van der Waals surface area contributed by atoms with E-state index in [1.54, 1.807) is 0 Å². The summed E-state index contributed by atoms with van der Waals surface area (Å²) in [6.07, 6.45) is -2.59. The van der Waals surface area contributed by atoms with Crippen LogP contribution in [0.4, 0.5) is 8.78 Å². The summed E-state index contributed by atoms with van der Waals surface area (Å²) in [7, 11) is 0. The van der Waals surface area contributed by atoms with Crippen molar-refractivity contribution in [2.75, 3.05) is 0 Å². The van der Waals surface area contributed by atoms with Gasteiger partial charge in [-0.3, -0.25) is 0 Å². The van der Waals surface area contributed by atoms with Crippen molar-refractivity contribution < 1.29 is 8.78 Å². The summed E-state index contributed by atoms with van der Waals surface area (Å²) < 4.78 is 24.1. The highest BCUT2D eigenvalue weighted by molar-refractivity contribution is 6.31. The summed E-state index contributed by atoms with van der Waals surface area (Å²) in [6, 6.07) is 2.66. The molecule has 0 aromatic carbocycles. The summed E-state index contributed by atoms with van der Waals surface area (Å²) in [6.45, 7) is 0. The molecule has 0 aliphatic carbocycles. The standard InChI is InChI=1S/C7H5Cl2F2N/c8-3-4-1-2-5(7(10)11)12-6(4)9/h1-2,7H,3H2. The van der Waals surface area contributed by atoms with Gasteiger partial charge in [0.15, 0.2) is 0 Å². The van der Waals surface area contributed by atoms with Crippen molar-refractivity contribution >= 4 is 23.2 Å². The molecule has 66 valence electrons. The Hall–Kier alpha value is -0.410. The molecule has 5 heteroatoms. The van der Waals surface area contributed by atoms with Crippen LogP contribution in [0.3, 0.4) is 0 Å². The zero-order valence-corrected chi connectivity index (χ0v) is 7.41. The highest BCUT2D eigenvalue weighted by atomic mass is 35.5. The van der Waals surface area contributed by atoms with E-state index in [2.05, 4.69) is 4.98 Å². The van der Waals surface area contributed by atoms with Crippen LogP contribution in [0.15, 0.2) is 12.1 Å². The van der Waals surface area contributed by atoms with Gasteiger partial charge in [-0.25, -0.2) is 13.8 Å². The molecule has 1 rings (SSSR count). The SMILES string of the molecule is FC(F)c1ccc(CCl)c(Cl)n1. The topological polar surface area (TPSA) is 12.9 Å². The molecule has 1 heterocycles. The summed E-state index contributed by atoms with van der Waals surface area (Å²) in [5.41, 5.74) is 0.233. The van der Waals surface area contributed by atoms with Crippen LogP contribution in [0.2, 0.25) is 5.15 Å². The third-order valence-electron chi connectivity index (χ3n) is 1.32. The van der Waals surface area contributed by atoms with Crippen molar-refractivity contribution in [3.05, 3.63) is 28.5 Å². The first-order valence-electron chi connectivity index (χ1n) is 3.14. The lowest BCUT2D eigenvalue weighted by atomic mass is 10.3. The van der Waals surface area contributed by atoms with E-state index in [1.807, 2.05) is 0 Å². The van der Waals surface area contributed by atoms with E-state index >= 15 is 0 Å². The molecule has 1 aromatic heterocycles. The van der Waals surface area contributed by atoms with E-state index in [1.165, 1.54) is 12.1 Å². The second-order valence-electron chi connectivity index (χ2n) is 2.12. The minimum absolute atomic E-state index is 0.0443. The first kappa shape index (κ1) is 9.68. The van der Waals surface area contributed by atoms with Gasteiger partial charge in [0.1, 0.15) is 10.8 Å². The molecular weight excluding hydrogens is 207 g/mol. The van der Waals surface area contributed by atoms with Crippen LogP contribution in [0, 0.1) is 0 Å². The average molecular weight is 212 g/mol. The number of hydrogen-bond acceptors (Lipinski definition) is 1. The largest absolute Gasteiger partial charge is 0.280 e. The number of hydrogen-bond donors (Lipinski definition) is 0. The molecule has 0 aliphatic rings. The van der Waals surface area contributed by atoms with E-state index < -0.39 is 6.43 Å². The Balaban J connectivity index is 3.02. The van der Waals surface area contributed by atoms with Crippen LogP contribution >= 0.6 is 23.2 Å². The Bertz CT molecular complexity index is 278. The zero-order valence-electron chi connectivity index (χ0n) is 5.90. The van der Waals surface area contributed by atoms with Crippen LogP contribution in [-0.4, -0.2) is 4.98 Å². The second-order valence-corrected chi connectivity index (χ2v) is 2.75. The third-order valence-corrected chi connectivity index (χ3v) is 1.93. The van der Waals surface area contributed by atoms with Crippen molar-refractivity contribution in [3.8, 4) is 0 Å². The fourth-order valence-corrected chi connectivity index (χ4v) is 1.21. The fourth-order valence-electron chi connectivity index (χ4n) is 0.698. The highest BCUT2D eigenvalue weighted by Crippen LogP contribution is 2.21. The Kier molecular flexibility index (Phi) is 3.23. The first-order valence-corrected chi connectivity index (χ1v) is 4.06. The van der Waals surface area contributed by atoms with Crippen LogP contribution in [0.5, 0.6) is 0 Å². The first-order chi connectivity index (χ1) is 5.65. The molecule has 0 atom stereocenters. The molecule has 0 amide bonds. The molecule has 0 unspecified atom stereocenters. The molecule has 0 fully saturated rings. The molecule has 12 heavy (non-hydrogen) atoms. The monoisotopic (exact) mass is 211 g/mol. The van der Waals surface area contributed by atoms with Crippen molar-refractivity contribution in [2.24, 2.45) is 0 Å². The van der Waals surface area contributed by atoms with Crippen LogP contribution < -0.4 is 0 Å². The number of alkyl halides is 3. The van der Waals surface area contributed by atoms with Crippen molar-refractivity contribution in [2.45, 2.75) is 12.3 Å². The Morgan fingerprint density at radius 2 is 2.08 bits per heavy atom. The van der Waals surface area contributed by atoms with Crippen LogP contribution in [0.25, 0.3) is 0 Å². The Labute approximate surface area is 78.3 Å². The summed E-state index contributed by atoms with van der Waals surface area (Å²) in [5.74, 6) is 0.176. The van der Waals surface area contributed by atoms with Gasteiger partial charge in [-0.05, 0) is 6.07 Å². The minimum atomic E-state index is -2.59. The second kappa shape index (κ2) is 4.01. The Morgan fingerprint density at radius 1 is 1.42 bits per heavy atom. The number of pyridine rings is 1. The maximum absolute atomic E-state index is 12.0.